The standard InChI is InChI=1S/C26H38N2O/c1-3-10-28-11-8-23(9-12-28)27-24(29)26-16-20-13-21(17-26)15-25(14-20,18-26)22-6-4-19(2)5-7-22/h4-7,20-21,23H,3,8-18H2,1-2H3,(H,27,29). The van der Waals surface area contributed by atoms with Crippen molar-refractivity contribution in [1.82, 2.24) is 10.2 Å². The zero-order valence-electron chi connectivity index (χ0n) is 18.4. The van der Waals surface area contributed by atoms with Crippen molar-refractivity contribution in [3.63, 3.8) is 0 Å². The maximum atomic E-state index is 13.7. The predicted molar refractivity (Wildman–Crippen MR) is 118 cm³/mol. The molecule has 0 spiro atoms. The van der Waals surface area contributed by atoms with Gasteiger partial charge in [0.2, 0.25) is 5.91 Å². The Morgan fingerprint density at radius 2 is 1.72 bits per heavy atom. The van der Waals surface area contributed by atoms with Gasteiger partial charge < -0.3 is 10.2 Å². The van der Waals surface area contributed by atoms with Crippen LogP contribution in [0.2, 0.25) is 0 Å². The van der Waals surface area contributed by atoms with E-state index in [0.717, 1.165) is 57.0 Å². The lowest BCUT2D eigenvalue weighted by Crippen LogP contribution is -2.60. The zero-order valence-corrected chi connectivity index (χ0v) is 18.4. The van der Waals surface area contributed by atoms with Gasteiger partial charge in [0.15, 0.2) is 0 Å². The first-order valence-corrected chi connectivity index (χ1v) is 12.1. The van der Waals surface area contributed by atoms with Crippen LogP contribution in [0.3, 0.4) is 0 Å². The van der Waals surface area contributed by atoms with Crippen LogP contribution >= 0.6 is 0 Å². The van der Waals surface area contributed by atoms with E-state index in [1.165, 1.54) is 43.4 Å². The summed E-state index contributed by atoms with van der Waals surface area (Å²) in [6.45, 7) is 7.91. The van der Waals surface area contributed by atoms with E-state index >= 15 is 0 Å². The zero-order chi connectivity index (χ0) is 20.1. The lowest BCUT2D eigenvalue weighted by atomic mass is 9.42. The number of nitrogens with one attached hydrogen (secondary N) is 1. The SMILES string of the molecule is CCCN1CCC(NC(=O)C23CC4CC(C2)CC(c2ccc(C)cc2)(C4)C3)CC1. The molecule has 1 heterocycles. The third kappa shape index (κ3) is 3.54. The van der Waals surface area contributed by atoms with Crippen LogP contribution in [-0.4, -0.2) is 36.5 Å². The number of nitrogens with zero attached hydrogens (tertiary/aromatic N) is 1. The summed E-state index contributed by atoms with van der Waals surface area (Å²) in [7, 11) is 0. The number of piperidine rings is 1. The summed E-state index contributed by atoms with van der Waals surface area (Å²) < 4.78 is 0. The molecule has 4 saturated carbocycles. The fourth-order valence-electron chi connectivity index (χ4n) is 7.73. The van der Waals surface area contributed by atoms with E-state index in [1.807, 2.05) is 0 Å². The fraction of sp³-hybridized carbons (Fsp3) is 0.731. The Bertz CT molecular complexity index is 732. The number of hydrogen-bond acceptors (Lipinski definition) is 2. The Morgan fingerprint density at radius 1 is 1.07 bits per heavy atom. The van der Waals surface area contributed by atoms with Gasteiger partial charge in [-0.15, -0.1) is 0 Å². The first kappa shape index (κ1) is 19.6. The molecule has 1 N–H and O–H groups in total. The van der Waals surface area contributed by atoms with Gasteiger partial charge in [-0.05, 0) is 94.1 Å². The molecule has 158 valence electrons. The van der Waals surface area contributed by atoms with Gasteiger partial charge in [-0.2, -0.15) is 0 Å². The molecule has 5 fully saturated rings. The van der Waals surface area contributed by atoms with Crippen LogP contribution in [0, 0.1) is 24.2 Å². The molecule has 0 aromatic heterocycles. The lowest BCUT2D eigenvalue weighted by molar-refractivity contribution is -0.150. The third-order valence-electron chi connectivity index (χ3n) is 8.67. The van der Waals surface area contributed by atoms with Crippen molar-refractivity contribution in [2.24, 2.45) is 17.3 Å². The van der Waals surface area contributed by atoms with Crippen LogP contribution in [0.1, 0.15) is 75.8 Å². The fourth-order valence-corrected chi connectivity index (χ4v) is 7.73. The van der Waals surface area contributed by atoms with E-state index < -0.39 is 0 Å². The van der Waals surface area contributed by atoms with Crippen molar-refractivity contribution in [3.05, 3.63) is 35.4 Å². The molecule has 1 aromatic carbocycles. The van der Waals surface area contributed by atoms with Crippen LogP contribution in [0.15, 0.2) is 24.3 Å². The maximum Gasteiger partial charge on any atom is 0.226 e. The number of benzene rings is 1. The van der Waals surface area contributed by atoms with Crippen molar-refractivity contribution in [2.45, 2.75) is 83.1 Å². The molecule has 3 nitrogen and oxygen atoms in total. The highest BCUT2D eigenvalue weighted by atomic mass is 16.2. The number of likely N-dealkylation sites (tertiary alicyclic amines) is 1. The van der Waals surface area contributed by atoms with Crippen LogP contribution < -0.4 is 5.32 Å². The molecule has 1 aliphatic heterocycles. The minimum Gasteiger partial charge on any atom is -0.353 e. The summed E-state index contributed by atoms with van der Waals surface area (Å²) in [6, 6.07) is 9.64. The van der Waals surface area contributed by atoms with E-state index in [-0.39, 0.29) is 10.8 Å². The Labute approximate surface area is 176 Å². The Kier molecular flexibility index (Phi) is 5.01. The summed E-state index contributed by atoms with van der Waals surface area (Å²) in [4.78, 5) is 16.2. The molecule has 1 saturated heterocycles. The molecule has 29 heavy (non-hydrogen) atoms. The molecule has 0 radical (unpaired) electrons. The molecule has 2 unspecified atom stereocenters. The smallest absolute Gasteiger partial charge is 0.226 e. The number of carbonyl (C=O) groups is 1. The highest BCUT2D eigenvalue weighted by molar-refractivity contribution is 5.84. The summed E-state index contributed by atoms with van der Waals surface area (Å²) in [5.74, 6) is 1.89. The molecule has 5 aliphatic rings. The van der Waals surface area contributed by atoms with Crippen LogP contribution in [-0.2, 0) is 10.2 Å². The van der Waals surface area contributed by atoms with Gasteiger partial charge in [0.05, 0.1) is 5.41 Å². The molecule has 1 aromatic rings. The first-order chi connectivity index (χ1) is 14.0. The van der Waals surface area contributed by atoms with Gasteiger partial charge >= 0.3 is 0 Å². The topological polar surface area (TPSA) is 32.3 Å². The van der Waals surface area contributed by atoms with Gasteiger partial charge in [0.25, 0.3) is 0 Å². The van der Waals surface area contributed by atoms with Crippen LogP contribution in [0.5, 0.6) is 0 Å². The van der Waals surface area contributed by atoms with Crippen molar-refractivity contribution in [3.8, 4) is 0 Å². The van der Waals surface area contributed by atoms with Crippen molar-refractivity contribution in [2.75, 3.05) is 19.6 Å². The average molecular weight is 395 g/mol. The number of aryl methyl sites for hydroxylation is 1. The van der Waals surface area contributed by atoms with Crippen molar-refractivity contribution >= 4 is 5.91 Å². The molecule has 1 amide bonds. The predicted octanol–water partition coefficient (Wildman–Crippen LogP) is 4.82. The largest absolute Gasteiger partial charge is 0.353 e. The number of carbonyl (C=O) groups excluding carboxylic acids is 1. The van der Waals surface area contributed by atoms with Gasteiger partial charge in [0, 0.05) is 19.1 Å². The van der Waals surface area contributed by atoms with Gasteiger partial charge in [-0.1, -0.05) is 36.8 Å². The van der Waals surface area contributed by atoms with Gasteiger partial charge in [-0.3, -0.25) is 4.79 Å². The lowest BCUT2D eigenvalue weighted by Gasteiger charge is -2.61. The summed E-state index contributed by atoms with van der Waals surface area (Å²) >= 11 is 0. The summed E-state index contributed by atoms with van der Waals surface area (Å²) in [5, 5.41) is 3.55. The third-order valence-corrected chi connectivity index (χ3v) is 8.67. The monoisotopic (exact) mass is 394 g/mol. The Morgan fingerprint density at radius 3 is 2.34 bits per heavy atom. The first-order valence-electron chi connectivity index (χ1n) is 12.1. The normalized spacial score (nSPS) is 37.0. The molecule has 4 aliphatic carbocycles. The highest BCUT2D eigenvalue weighted by Crippen LogP contribution is 2.65. The highest BCUT2D eigenvalue weighted by Gasteiger charge is 2.61. The van der Waals surface area contributed by atoms with Gasteiger partial charge in [-0.25, -0.2) is 0 Å². The molecular formula is C26H38N2O. The van der Waals surface area contributed by atoms with Crippen LogP contribution in [0.4, 0.5) is 0 Å². The Hall–Kier alpha value is -1.35. The quantitative estimate of drug-likeness (QED) is 0.776. The maximum absolute atomic E-state index is 13.7. The second-order valence-electron chi connectivity index (χ2n) is 11.0. The van der Waals surface area contributed by atoms with Gasteiger partial charge in [0.1, 0.15) is 0 Å². The second-order valence-corrected chi connectivity index (χ2v) is 11.0. The summed E-state index contributed by atoms with van der Waals surface area (Å²) in [6.07, 6.45) is 10.8. The number of amides is 1. The van der Waals surface area contributed by atoms with E-state index in [9.17, 15) is 4.79 Å². The minimum absolute atomic E-state index is 0.102. The van der Waals surface area contributed by atoms with E-state index in [0.29, 0.717) is 11.9 Å². The second kappa shape index (κ2) is 7.41. The van der Waals surface area contributed by atoms with E-state index in [4.69, 9.17) is 0 Å². The molecule has 4 bridgehead atoms. The molecule has 6 rings (SSSR count). The van der Waals surface area contributed by atoms with Crippen LogP contribution in [0.25, 0.3) is 0 Å². The molecular weight excluding hydrogens is 356 g/mol. The van der Waals surface area contributed by atoms with Crippen molar-refractivity contribution in [1.29, 1.82) is 0 Å². The van der Waals surface area contributed by atoms with Crippen molar-refractivity contribution < 1.29 is 4.79 Å². The minimum atomic E-state index is -0.102. The number of rotatable bonds is 5. The number of hydrogen-bond donors (Lipinski definition) is 1. The summed E-state index contributed by atoms with van der Waals surface area (Å²) in [5.41, 5.74) is 2.98. The Balaban J connectivity index is 1.32. The van der Waals surface area contributed by atoms with E-state index in [1.54, 1.807) is 0 Å². The molecule has 3 heteroatoms. The molecule has 2 atom stereocenters. The van der Waals surface area contributed by atoms with E-state index in [2.05, 4.69) is 48.3 Å². The average Bonchev–Trinajstić information content (AvgIpc) is 2.69.